The molecular formula is C10H17F2NO. The van der Waals surface area contributed by atoms with Crippen LogP contribution in [0.25, 0.3) is 0 Å². The first-order valence-corrected chi connectivity index (χ1v) is 5.14. The minimum atomic E-state index is -1.27. The molecule has 2 bridgehead atoms. The Morgan fingerprint density at radius 2 is 2.00 bits per heavy atom. The second-order valence-electron chi connectivity index (χ2n) is 5.33. The van der Waals surface area contributed by atoms with Gasteiger partial charge >= 0.3 is 0 Å². The number of hydroxylamine groups is 2. The van der Waals surface area contributed by atoms with Crippen molar-refractivity contribution in [1.29, 1.82) is 0 Å². The lowest BCUT2D eigenvalue weighted by Crippen LogP contribution is -2.63. The molecular weight excluding hydrogens is 188 g/mol. The van der Waals surface area contributed by atoms with Crippen molar-refractivity contribution in [3.8, 4) is 0 Å². The average Bonchev–Trinajstić information content (AvgIpc) is 1.94. The van der Waals surface area contributed by atoms with Gasteiger partial charge < -0.3 is 5.21 Å². The molecule has 0 aromatic carbocycles. The summed E-state index contributed by atoms with van der Waals surface area (Å²) >= 11 is 0. The fourth-order valence-corrected chi connectivity index (χ4v) is 3.17. The maximum absolute atomic E-state index is 13.9. The first-order valence-electron chi connectivity index (χ1n) is 5.14. The Bertz CT molecular complexity index is 246. The molecule has 0 saturated carbocycles. The van der Waals surface area contributed by atoms with Gasteiger partial charge in [-0.05, 0) is 33.1 Å². The van der Waals surface area contributed by atoms with Gasteiger partial charge in [0.05, 0.1) is 0 Å². The third kappa shape index (κ3) is 1.54. The molecule has 4 atom stereocenters. The van der Waals surface area contributed by atoms with Gasteiger partial charge in [0.1, 0.15) is 11.8 Å². The van der Waals surface area contributed by atoms with Gasteiger partial charge in [-0.3, -0.25) is 0 Å². The molecule has 2 saturated heterocycles. The molecule has 82 valence electrons. The maximum atomic E-state index is 13.9. The molecule has 2 aliphatic heterocycles. The highest BCUT2D eigenvalue weighted by Gasteiger charge is 2.53. The second-order valence-corrected chi connectivity index (χ2v) is 5.33. The normalized spacial score (nSPS) is 54.6. The lowest BCUT2D eigenvalue weighted by atomic mass is 9.71. The van der Waals surface area contributed by atoms with Crippen molar-refractivity contribution in [2.24, 2.45) is 0 Å². The zero-order chi connectivity index (χ0) is 10.6. The van der Waals surface area contributed by atoms with Gasteiger partial charge in [-0.2, -0.15) is 5.06 Å². The molecule has 0 amide bonds. The Morgan fingerprint density at radius 3 is 2.57 bits per heavy atom. The molecule has 4 heteroatoms. The minimum absolute atomic E-state index is 0.216. The van der Waals surface area contributed by atoms with Crippen LogP contribution in [0.15, 0.2) is 0 Å². The first-order chi connectivity index (χ1) is 6.32. The molecule has 2 rings (SSSR count). The van der Waals surface area contributed by atoms with Crippen LogP contribution in [-0.2, 0) is 0 Å². The fourth-order valence-electron chi connectivity index (χ4n) is 3.17. The van der Waals surface area contributed by atoms with E-state index in [2.05, 4.69) is 0 Å². The van der Waals surface area contributed by atoms with E-state index in [9.17, 15) is 14.0 Å². The summed E-state index contributed by atoms with van der Waals surface area (Å²) in [5.41, 5.74) is -1.98. The Labute approximate surface area is 82.9 Å². The van der Waals surface area contributed by atoms with Crippen molar-refractivity contribution >= 4 is 0 Å². The van der Waals surface area contributed by atoms with E-state index in [1.54, 1.807) is 13.8 Å². The highest BCUT2D eigenvalue weighted by molar-refractivity contribution is 5.04. The highest BCUT2D eigenvalue weighted by Crippen LogP contribution is 2.46. The molecule has 2 aliphatic rings. The smallest absolute Gasteiger partial charge is 0.111 e. The van der Waals surface area contributed by atoms with Crippen molar-refractivity contribution < 1.29 is 14.0 Å². The lowest BCUT2D eigenvalue weighted by Gasteiger charge is -2.54. The first kappa shape index (κ1) is 10.3. The van der Waals surface area contributed by atoms with Crippen LogP contribution in [0, 0.1) is 0 Å². The summed E-state index contributed by atoms with van der Waals surface area (Å²) in [6.45, 7) is 3.28. The second kappa shape index (κ2) is 2.89. The number of fused-ring (bicyclic) bond motifs is 2. The largest absolute Gasteiger partial charge is 0.313 e. The molecule has 0 aromatic rings. The van der Waals surface area contributed by atoms with E-state index in [0.29, 0.717) is 0 Å². The number of piperidine rings is 2. The van der Waals surface area contributed by atoms with Crippen molar-refractivity contribution in [3.05, 3.63) is 0 Å². The quantitative estimate of drug-likeness (QED) is 0.656. The Morgan fingerprint density at radius 1 is 1.36 bits per heavy atom. The van der Waals surface area contributed by atoms with Crippen LogP contribution >= 0.6 is 0 Å². The van der Waals surface area contributed by atoms with Gasteiger partial charge in [0, 0.05) is 18.0 Å². The van der Waals surface area contributed by atoms with E-state index >= 15 is 0 Å². The van der Waals surface area contributed by atoms with E-state index < -0.39 is 17.4 Å². The predicted octanol–water partition coefficient (Wildman–Crippen LogP) is 2.46. The standard InChI is InChI=1S/C10H17F2NO/c1-9(12)5-8-3-7(11)4-10(2,6-9)13(8)14/h7-8,14H,3-6H2,1-2H3/t7?,8?,9?,10-/m1/s1. The number of halogens is 2. The molecule has 3 unspecified atom stereocenters. The minimum Gasteiger partial charge on any atom is -0.313 e. The third-order valence-corrected chi connectivity index (χ3v) is 3.50. The summed E-state index contributed by atoms with van der Waals surface area (Å²) in [4.78, 5) is 0. The molecule has 0 aromatic heterocycles. The Kier molecular flexibility index (Phi) is 2.13. The Hall–Kier alpha value is -0.220. The zero-order valence-electron chi connectivity index (χ0n) is 8.63. The zero-order valence-corrected chi connectivity index (χ0v) is 8.63. The van der Waals surface area contributed by atoms with E-state index in [-0.39, 0.29) is 31.7 Å². The van der Waals surface area contributed by atoms with E-state index in [1.807, 2.05) is 0 Å². The van der Waals surface area contributed by atoms with Crippen LogP contribution in [0.2, 0.25) is 0 Å². The molecule has 2 heterocycles. The van der Waals surface area contributed by atoms with Gasteiger partial charge in [-0.1, -0.05) is 0 Å². The number of rotatable bonds is 0. The van der Waals surface area contributed by atoms with Crippen LogP contribution in [-0.4, -0.2) is 33.7 Å². The van der Waals surface area contributed by atoms with Crippen LogP contribution < -0.4 is 0 Å². The summed E-state index contributed by atoms with van der Waals surface area (Å²) in [5, 5.41) is 11.0. The fraction of sp³-hybridized carbons (Fsp3) is 1.00. The third-order valence-electron chi connectivity index (χ3n) is 3.50. The molecule has 0 spiro atoms. The van der Waals surface area contributed by atoms with E-state index in [4.69, 9.17) is 0 Å². The summed E-state index contributed by atoms with van der Waals surface area (Å²) in [6.07, 6.45) is 0.0439. The van der Waals surface area contributed by atoms with Crippen LogP contribution in [0.3, 0.4) is 0 Å². The monoisotopic (exact) mass is 205 g/mol. The van der Waals surface area contributed by atoms with Crippen molar-refractivity contribution in [2.45, 2.75) is 63.0 Å². The van der Waals surface area contributed by atoms with Crippen LogP contribution in [0.4, 0.5) is 8.78 Å². The van der Waals surface area contributed by atoms with Crippen LogP contribution in [0.5, 0.6) is 0 Å². The maximum Gasteiger partial charge on any atom is 0.111 e. The van der Waals surface area contributed by atoms with Gasteiger partial charge in [-0.15, -0.1) is 0 Å². The number of hydrogen-bond donors (Lipinski definition) is 1. The number of nitrogens with zero attached hydrogens (tertiary/aromatic N) is 1. The molecule has 14 heavy (non-hydrogen) atoms. The molecule has 2 fully saturated rings. The molecule has 1 N–H and O–H groups in total. The topological polar surface area (TPSA) is 23.5 Å². The summed E-state index contributed by atoms with van der Waals surface area (Å²) in [6, 6.07) is -0.354. The van der Waals surface area contributed by atoms with E-state index in [0.717, 1.165) is 0 Å². The van der Waals surface area contributed by atoms with Gasteiger partial charge in [0.25, 0.3) is 0 Å². The summed E-state index contributed by atoms with van der Waals surface area (Å²) < 4.78 is 27.2. The summed E-state index contributed by atoms with van der Waals surface area (Å²) in [5.74, 6) is 0. The predicted molar refractivity (Wildman–Crippen MR) is 48.7 cm³/mol. The highest BCUT2D eigenvalue weighted by atomic mass is 19.1. The van der Waals surface area contributed by atoms with Crippen molar-refractivity contribution in [1.82, 2.24) is 5.06 Å². The Balaban J connectivity index is 2.26. The van der Waals surface area contributed by atoms with Crippen molar-refractivity contribution in [3.63, 3.8) is 0 Å². The lowest BCUT2D eigenvalue weighted by molar-refractivity contribution is -0.264. The molecule has 0 radical (unpaired) electrons. The van der Waals surface area contributed by atoms with Crippen molar-refractivity contribution in [2.75, 3.05) is 0 Å². The average molecular weight is 205 g/mol. The van der Waals surface area contributed by atoms with Gasteiger partial charge in [0.2, 0.25) is 0 Å². The van der Waals surface area contributed by atoms with Gasteiger partial charge in [0.15, 0.2) is 0 Å². The van der Waals surface area contributed by atoms with Crippen LogP contribution in [0.1, 0.15) is 39.5 Å². The number of hydrogen-bond acceptors (Lipinski definition) is 2. The molecule has 0 aliphatic carbocycles. The number of alkyl halides is 2. The van der Waals surface area contributed by atoms with Gasteiger partial charge in [-0.25, -0.2) is 8.78 Å². The summed E-state index contributed by atoms with van der Waals surface area (Å²) in [7, 11) is 0. The SMILES string of the molecule is CC1(F)CC2CC(F)C[C@](C)(C1)N2O. The molecule has 2 nitrogen and oxygen atoms in total. The van der Waals surface area contributed by atoms with E-state index in [1.165, 1.54) is 5.06 Å².